The molecule has 1 saturated heterocycles. The molecule has 1 aromatic heterocycles. The summed E-state index contributed by atoms with van der Waals surface area (Å²) in [6, 6.07) is 6.78. The van der Waals surface area contributed by atoms with Crippen molar-refractivity contribution in [2.75, 3.05) is 6.54 Å². The molecule has 1 aromatic rings. The van der Waals surface area contributed by atoms with Crippen molar-refractivity contribution < 1.29 is 0 Å². The molecule has 76 valence electrons. The lowest BCUT2D eigenvalue weighted by atomic mass is 10.1. The minimum atomic E-state index is 0.484. The highest BCUT2D eigenvalue weighted by molar-refractivity contribution is 5.13. The zero-order valence-corrected chi connectivity index (χ0v) is 8.79. The van der Waals surface area contributed by atoms with E-state index in [-0.39, 0.29) is 0 Å². The molecule has 1 aliphatic heterocycles. The Morgan fingerprint density at radius 2 is 2.21 bits per heavy atom. The van der Waals surface area contributed by atoms with Gasteiger partial charge in [0, 0.05) is 11.7 Å². The van der Waals surface area contributed by atoms with Gasteiger partial charge in [0.1, 0.15) is 0 Å². The number of pyridine rings is 1. The van der Waals surface area contributed by atoms with Crippen molar-refractivity contribution in [3.05, 3.63) is 29.6 Å². The third kappa shape index (κ3) is 2.32. The molecule has 1 aliphatic rings. The van der Waals surface area contributed by atoms with Gasteiger partial charge in [-0.25, -0.2) is 0 Å². The average molecular weight is 190 g/mol. The Kier molecular flexibility index (Phi) is 3.14. The fraction of sp³-hybridized carbons (Fsp3) is 0.583. The Morgan fingerprint density at radius 3 is 3.07 bits per heavy atom. The Balaban J connectivity index is 2.12. The van der Waals surface area contributed by atoms with Crippen LogP contribution in [0.1, 0.15) is 43.1 Å². The number of aromatic nitrogens is 1. The van der Waals surface area contributed by atoms with Crippen LogP contribution in [0.15, 0.2) is 18.2 Å². The van der Waals surface area contributed by atoms with Gasteiger partial charge < -0.3 is 5.32 Å². The summed E-state index contributed by atoms with van der Waals surface area (Å²) in [4.78, 5) is 4.58. The lowest BCUT2D eigenvalue weighted by Crippen LogP contribution is -2.21. The zero-order valence-electron chi connectivity index (χ0n) is 8.79. The summed E-state index contributed by atoms with van der Waals surface area (Å²) in [6.45, 7) is 3.19. The van der Waals surface area contributed by atoms with Crippen molar-refractivity contribution in [1.82, 2.24) is 10.3 Å². The van der Waals surface area contributed by atoms with E-state index in [4.69, 9.17) is 0 Å². The van der Waals surface area contributed by atoms with Crippen LogP contribution >= 0.6 is 0 Å². The molecule has 0 aromatic carbocycles. The Hall–Kier alpha value is -0.890. The first-order chi connectivity index (χ1) is 6.86. The normalized spacial score (nSPS) is 23.1. The van der Waals surface area contributed by atoms with Gasteiger partial charge in [-0.1, -0.05) is 18.9 Å². The first kappa shape index (κ1) is 9.66. The van der Waals surface area contributed by atoms with Crippen LogP contribution in [0, 0.1) is 6.92 Å². The van der Waals surface area contributed by atoms with Crippen LogP contribution < -0.4 is 5.32 Å². The van der Waals surface area contributed by atoms with Crippen molar-refractivity contribution >= 4 is 0 Å². The minimum Gasteiger partial charge on any atom is -0.309 e. The van der Waals surface area contributed by atoms with Gasteiger partial charge in [-0.15, -0.1) is 0 Å². The second-order valence-corrected chi connectivity index (χ2v) is 4.06. The molecule has 1 fully saturated rings. The van der Waals surface area contributed by atoms with Crippen LogP contribution in [0.3, 0.4) is 0 Å². The zero-order chi connectivity index (χ0) is 9.80. The number of hydrogen-bond donors (Lipinski definition) is 1. The number of aryl methyl sites for hydroxylation is 1. The van der Waals surface area contributed by atoms with Crippen molar-refractivity contribution in [3.8, 4) is 0 Å². The molecule has 0 bridgehead atoms. The first-order valence-corrected chi connectivity index (χ1v) is 5.53. The average Bonchev–Trinajstić information content (AvgIpc) is 2.45. The number of nitrogens with one attached hydrogen (secondary N) is 1. The molecule has 1 unspecified atom stereocenters. The highest BCUT2D eigenvalue weighted by atomic mass is 14.9. The van der Waals surface area contributed by atoms with Gasteiger partial charge in [-0.3, -0.25) is 4.98 Å². The van der Waals surface area contributed by atoms with E-state index in [1.807, 2.05) is 0 Å². The standard InChI is InChI=1S/C12H18N2/c1-10-6-5-8-12(14-10)11-7-3-2-4-9-13-11/h5-6,8,11,13H,2-4,7,9H2,1H3. The van der Waals surface area contributed by atoms with E-state index in [0.717, 1.165) is 12.2 Å². The fourth-order valence-electron chi connectivity index (χ4n) is 2.04. The summed E-state index contributed by atoms with van der Waals surface area (Å²) in [5.74, 6) is 0. The van der Waals surface area contributed by atoms with Crippen molar-refractivity contribution in [2.45, 2.75) is 38.6 Å². The fourth-order valence-corrected chi connectivity index (χ4v) is 2.04. The molecule has 1 atom stereocenters. The smallest absolute Gasteiger partial charge is 0.0576 e. The van der Waals surface area contributed by atoms with Gasteiger partial charge in [0.15, 0.2) is 0 Å². The largest absolute Gasteiger partial charge is 0.309 e. The van der Waals surface area contributed by atoms with Crippen LogP contribution in [0.2, 0.25) is 0 Å². The summed E-state index contributed by atoms with van der Waals surface area (Å²) in [7, 11) is 0. The number of rotatable bonds is 1. The molecule has 0 aliphatic carbocycles. The number of hydrogen-bond acceptors (Lipinski definition) is 2. The summed E-state index contributed by atoms with van der Waals surface area (Å²) in [5.41, 5.74) is 2.33. The Bertz CT molecular complexity index is 288. The van der Waals surface area contributed by atoms with Gasteiger partial charge in [-0.2, -0.15) is 0 Å². The molecule has 0 radical (unpaired) electrons. The predicted molar refractivity (Wildman–Crippen MR) is 58.2 cm³/mol. The third-order valence-corrected chi connectivity index (χ3v) is 2.83. The van der Waals surface area contributed by atoms with Crippen LogP contribution in [0.25, 0.3) is 0 Å². The lowest BCUT2D eigenvalue weighted by molar-refractivity contribution is 0.521. The van der Waals surface area contributed by atoms with E-state index in [2.05, 4.69) is 35.4 Å². The van der Waals surface area contributed by atoms with E-state index >= 15 is 0 Å². The molecule has 0 saturated carbocycles. The molecule has 2 heteroatoms. The molecule has 14 heavy (non-hydrogen) atoms. The van der Waals surface area contributed by atoms with Crippen LogP contribution in [0.5, 0.6) is 0 Å². The molecule has 0 amide bonds. The van der Waals surface area contributed by atoms with Crippen LogP contribution in [0.4, 0.5) is 0 Å². The van der Waals surface area contributed by atoms with Gasteiger partial charge in [-0.05, 0) is 38.4 Å². The van der Waals surface area contributed by atoms with Gasteiger partial charge >= 0.3 is 0 Å². The van der Waals surface area contributed by atoms with Gasteiger partial charge in [0.05, 0.1) is 5.69 Å². The highest BCUT2D eigenvalue weighted by Crippen LogP contribution is 2.20. The second kappa shape index (κ2) is 4.56. The molecule has 1 N–H and O–H groups in total. The second-order valence-electron chi connectivity index (χ2n) is 4.06. The quantitative estimate of drug-likeness (QED) is 0.736. The minimum absolute atomic E-state index is 0.484. The maximum atomic E-state index is 4.58. The summed E-state index contributed by atoms with van der Waals surface area (Å²) in [5, 5.41) is 3.56. The lowest BCUT2D eigenvalue weighted by Gasteiger charge is -2.15. The van der Waals surface area contributed by atoms with Gasteiger partial charge in [0.25, 0.3) is 0 Å². The van der Waals surface area contributed by atoms with Crippen molar-refractivity contribution in [3.63, 3.8) is 0 Å². The molecule has 2 rings (SSSR count). The predicted octanol–water partition coefficient (Wildman–Crippen LogP) is 2.59. The molecule has 2 nitrogen and oxygen atoms in total. The molecular weight excluding hydrogens is 172 g/mol. The maximum Gasteiger partial charge on any atom is 0.0576 e. The third-order valence-electron chi connectivity index (χ3n) is 2.83. The van der Waals surface area contributed by atoms with E-state index in [0.29, 0.717) is 6.04 Å². The Morgan fingerprint density at radius 1 is 1.29 bits per heavy atom. The molecule has 0 spiro atoms. The topological polar surface area (TPSA) is 24.9 Å². The van der Waals surface area contributed by atoms with Gasteiger partial charge in [0.2, 0.25) is 0 Å². The van der Waals surface area contributed by atoms with Crippen LogP contribution in [-0.4, -0.2) is 11.5 Å². The van der Waals surface area contributed by atoms with E-state index in [1.54, 1.807) is 0 Å². The van der Waals surface area contributed by atoms with E-state index < -0.39 is 0 Å². The van der Waals surface area contributed by atoms with E-state index in [9.17, 15) is 0 Å². The monoisotopic (exact) mass is 190 g/mol. The first-order valence-electron chi connectivity index (χ1n) is 5.53. The van der Waals surface area contributed by atoms with E-state index in [1.165, 1.54) is 31.4 Å². The summed E-state index contributed by atoms with van der Waals surface area (Å²) in [6.07, 6.45) is 5.22. The highest BCUT2D eigenvalue weighted by Gasteiger charge is 2.14. The van der Waals surface area contributed by atoms with Crippen molar-refractivity contribution in [2.24, 2.45) is 0 Å². The summed E-state index contributed by atoms with van der Waals surface area (Å²) >= 11 is 0. The maximum absolute atomic E-state index is 4.58. The summed E-state index contributed by atoms with van der Waals surface area (Å²) < 4.78 is 0. The SMILES string of the molecule is Cc1cccc(C2CCCCCN2)n1. The van der Waals surface area contributed by atoms with Crippen molar-refractivity contribution in [1.29, 1.82) is 0 Å². The Labute approximate surface area is 85.7 Å². The van der Waals surface area contributed by atoms with Crippen LogP contribution in [-0.2, 0) is 0 Å². The number of nitrogens with zero attached hydrogens (tertiary/aromatic N) is 1. The molecule has 2 heterocycles. The molecular formula is C12H18N2.